The molecule has 0 saturated heterocycles. The number of amides is 2. The summed E-state index contributed by atoms with van der Waals surface area (Å²) in [6, 6.07) is 2.96. The Labute approximate surface area is 119 Å². The van der Waals surface area contributed by atoms with Crippen molar-refractivity contribution in [1.82, 2.24) is 10.6 Å². The molecule has 2 N–H and O–H groups in total. The van der Waals surface area contributed by atoms with Crippen LogP contribution >= 0.6 is 0 Å². The molecule has 1 aliphatic rings. The molecule has 20 heavy (non-hydrogen) atoms. The van der Waals surface area contributed by atoms with Crippen molar-refractivity contribution in [3.8, 4) is 0 Å². The first kappa shape index (κ1) is 14.6. The summed E-state index contributed by atoms with van der Waals surface area (Å²) in [6.45, 7) is 3.84. The SMILES string of the molecule is CC(C)C(NC(=O)c1ccco1)C(=O)NC1CCCC1. The molecule has 2 amide bonds. The normalized spacial score (nSPS) is 17.1. The van der Waals surface area contributed by atoms with Gasteiger partial charge in [-0.05, 0) is 30.9 Å². The van der Waals surface area contributed by atoms with Crippen molar-refractivity contribution in [2.45, 2.75) is 51.6 Å². The highest BCUT2D eigenvalue weighted by Gasteiger charge is 2.28. The number of nitrogens with one attached hydrogen (secondary N) is 2. The summed E-state index contributed by atoms with van der Waals surface area (Å²) in [5.74, 6) is -0.207. The number of carbonyl (C=O) groups excluding carboxylic acids is 2. The summed E-state index contributed by atoms with van der Waals surface area (Å²) in [5, 5.41) is 5.77. The molecule has 5 heteroatoms. The molecule has 5 nitrogen and oxygen atoms in total. The predicted molar refractivity (Wildman–Crippen MR) is 75.2 cm³/mol. The van der Waals surface area contributed by atoms with Gasteiger partial charge < -0.3 is 15.1 Å². The Hall–Kier alpha value is -1.78. The number of furan rings is 1. The van der Waals surface area contributed by atoms with Crippen molar-refractivity contribution in [1.29, 1.82) is 0 Å². The third-order valence-electron chi connectivity index (χ3n) is 3.68. The van der Waals surface area contributed by atoms with Gasteiger partial charge in [-0.2, -0.15) is 0 Å². The molecule has 1 aromatic rings. The van der Waals surface area contributed by atoms with Crippen LogP contribution < -0.4 is 10.6 Å². The summed E-state index contributed by atoms with van der Waals surface area (Å²) in [7, 11) is 0. The molecule has 1 aliphatic carbocycles. The van der Waals surface area contributed by atoms with Gasteiger partial charge in [0.25, 0.3) is 5.91 Å². The first-order chi connectivity index (χ1) is 9.58. The van der Waals surface area contributed by atoms with E-state index in [0.29, 0.717) is 0 Å². The van der Waals surface area contributed by atoms with E-state index in [2.05, 4.69) is 10.6 Å². The summed E-state index contributed by atoms with van der Waals surface area (Å²) in [6.07, 6.45) is 5.83. The molecule has 1 unspecified atom stereocenters. The van der Waals surface area contributed by atoms with Crippen molar-refractivity contribution in [2.75, 3.05) is 0 Å². The van der Waals surface area contributed by atoms with Crippen LogP contribution in [0.4, 0.5) is 0 Å². The van der Waals surface area contributed by atoms with E-state index in [0.717, 1.165) is 25.7 Å². The zero-order chi connectivity index (χ0) is 14.5. The maximum absolute atomic E-state index is 12.3. The molecular formula is C15H22N2O3. The van der Waals surface area contributed by atoms with Gasteiger partial charge in [0, 0.05) is 6.04 Å². The smallest absolute Gasteiger partial charge is 0.287 e. The lowest BCUT2D eigenvalue weighted by Crippen LogP contribution is -2.51. The van der Waals surface area contributed by atoms with Crippen molar-refractivity contribution in [3.05, 3.63) is 24.2 Å². The van der Waals surface area contributed by atoms with Gasteiger partial charge in [0.1, 0.15) is 6.04 Å². The lowest BCUT2D eigenvalue weighted by atomic mass is 10.0. The van der Waals surface area contributed by atoms with Crippen molar-refractivity contribution in [2.24, 2.45) is 5.92 Å². The van der Waals surface area contributed by atoms with Gasteiger partial charge in [0.2, 0.25) is 5.91 Å². The first-order valence-electron chi connectivity index (χ1n) is 7.22. The Balaban J connectivity index is 1.95. The average molecular weight is 278 g/mol. The van der Waals surface area contributed by atoms with E-state index < -0.39 is 6.04 Å². The van der Waals surface area contributed by atoms with E-state index in [1.54, 1.807) is 12.1 Å². The molecule has 1 saturated carbocycles. The number of hydrogen-bond donors (Lipinski definition) is 2. The molecule has 1 atom stereocenters. The topological polar surface area (TPSA) is 71.3 Å². The van der Waals surface area contributed by atoms with E-state index in [1.807, 2.05) is 13.8 Å². The van der Waals surface area contributed by atoms with Gasteiger partial charge in [0.15, 0.2) is 5.76 Å². The fourth-order valence-corrected chi connectivity index (χ4v) is 2.52. The minimum atomic E-state index is -0.534. The molecule has 1 heterocycles. The lowest BCUT2D eigenvalue weighted by Gasteiger charge is -2.23. The van der Waals surface area contributed by atoms with Crippen LogP contribution in [-0.4, -0.2) is 23.9 Å². The van der Waals surface area contributed by atoms with E-state index in [-0.39, 0.29) is 29.5 Å². The zero-order valence-electron chi connectivity index (χ0n) is 12.0. The Morgan fingerprint density at radius 1 is 1.30 bits per heavy atom. The van der Waals surface area contributed by atoms with Crippen molar-refractivity contribution in [3.63, 3.8) is 0 Å². The van der Waals surface area contributed by atoms with E-state index >= 15 is 0 Å². The Bertz CT molecular complexity index is 448. The minimum absolute atomic E-state index is 0.0234. The predicted octanol–water partition coefficient (Wildman–Crippen LogP) is 2.09. The molecule has 0 aromatic carbocycles. The van der Waals surface area contributed by atoms with Crippen LogP contribution in [0, 0.1) is 5.92 Å². The highest BCUT2D eigenvalue weighted by Crippen LogP contribution is 2.18. The minimum Gasteiger partial charge on any atom is -0.459 e. The van der Waals surface area contributed by atoms with E-state index in [1.165, 1.54) is 6.26 Å². The molecule has 0 aliphatic heterocycles. The largest absolute Gasteiger partial charge is 0.459 e. The standard InChI is InChI=1S/C15H22N2O3/c1-10(2)13(15(19)16-11-6-3-4-7-11)17-14(18)12-8-5-9-20-12/h5,8-11,13H,3-4,6-7H2,1-2H3,(H,16,19)(H,17,18). The number of carbonyl (C=O) groups is 2. The summed E-state index contributed by atoms with van der Waals surface area (Å²) in [5.41, 5.74) is 0. The van der Waals surface area contributed by atoms with Crippen LogP contribution in [0.2, 0.25) is 0 Å². The Morgan fingerprint density at radius 3 is 2.55 bits per heavy atom. The molecule has 0 radical (unpaired) electrons. The fraction of sp³-hybridized carbons (Fsp3) is 0.600. The van der Waals surface area contributed by atoms with Crippen LogP contribution in [0.15, 0.2) is 22.8 Å². The average Bonchev–Trinajstić information content (AvgIpc) is 3.07. The Morgan fingerprint density at radius 2 is 2.00 bits per heavy atom. The maximum atomic E-state index is 12.3. The Kier molecular flexibility index (Phi) is 4.82. The monoisotopic (exact) mass is 278 g/mol. The van der Waals surface area contributed by atoms with Gasteiger partial charge in [-0.15, -0.1) is 0 Å². The van der Waals surface area contributed by atoms with Crippen molar-refractivity contribution >= 4 is 11.8 Å². The molecule has 110 valence electrons. The quantitative estimate of drug-likeness (QED) is 0.866. The third kappa shape index (κ3) is 3.62. The van der Waals surface area contributed by atoms with Gasteiger partial charge in [-0.25, -0.2) is 0 Å². The van der Waals surface area contributed by atoms with Crippen LogP contribution in [0.25, 0.3) is 0 Å². The second kappa shape index (κ2) is 6.59. The second-order valence-corrected chi connectivity index (χ2v) is 5.66. The lowest BCUT2D eigenvalue weighted by molar-refractivity contribution is -0.124. The molecule has 1 fully saturated rings. The fourth-order valence-electron chi connectivity index (χ4n) is 2.52. The van der Waals surface area contributed by atoms with Gasteiger partial charge in [0.05, 0.1) is 6.26 Å². The summed E-state index contributed by atoms with van der Waals surface area (Å²) >= 11 is 0. The molecule has 2 rings (SSSR count). The van der Waals surface area contributed by atoms with Gasteiger partial charge in [-0.3, -0.25) is 9.59 Å². The van der Waals surface area contributed by atoms with Crippen LogP contribution in [-0.2, 0) is 4.79 Å². The van der Waals surface area contributed by atoms with Gasteiger partial charge in [-0.1, -0.05) is 26.7 Å². The highest BCUT2D eigenvalue weighted by molar-refractivity contribution is 5.95. The first-order valence-corrected chi connectivity index (χ1v) is 7.22. The van der Waals surface area contributed by atoms with Crippen LogP contribution in [0.5, 0.6) is 0 Å². The van der Waals surface area contributed by atoms with E-state index in [4.69, 9.17) is 4.42 Å². The van der Waals surface area contributed by atoms with Crippen LogP contribution in [0.1, 0.15) is 50.1 Å². The third-order valence-corrected chi connectivity index (χ3v) is 3.68. The summed E-state index contributed by atoms with van der Waals surface area (Å²) in [4.78, 5) is 24.3. The number of hydrogen-bond acceptors (Lipinski definition) is 3. The molecule has 1 aromatic heterocycles. The summed E-state index contributed by atoms with van der Waals surface area (Å²) < 4.78 is 5.05. The zero-order valence-corrected chi connectivity index (χ0v) is 12.0. The van der Waals surface area contributed by atoms with E-state index in [9.17, 15) is 9.59 Å². The van der Waals surface area contributed by atoms with Crippen LogP contribution in [0.3, 0.4) is 0 Å². The second-order valence-electron chi connectivity index (χ2n) is 5.66. The molecular weight excluding hydrogens is 256 g/mol. The maximum Gasteiger partial charge on any atom is 0.287 e. The number of rotatable bonds is 5. The highest BCUT2D eigenvalue weighted by atomic mass is 16.3. The van der Waals surface area contributed by atoms with Crippen molar-refractivity contribution < 1.29 is 14.0 Å². The molecule has 0 spiro atoms. The van der Waals surface area contributed by atoms with Gasteiger partial charge >= 0.3 is 0 Å². The molecule has 0 bridgehead atoms.